The molecule has 0 saturated carbocycles. The Kier molecular flexibility index (Phi) is 36.5. The van der Waals surface area contributed by atoms with Gasteiger partial charge >= 0.3 is 11.9 Å². The topological polar surface area (TPSA) is 72.8 Å². The first-order valence-corrected chi connectivity index (χ1v) is 19.9. The highest BCUT2D eigenvalue weighted by molar-refractivity contribution is 5.70. The average Bonchev–Trinajstić information content (AvgIpc) is 3.06. The SMILES string of the molecule is CCCCC/C=C\C/C=C\CCCCCCCC(=O)O[C@@H](CO)COC(=O)CCCCCCCCCCCCCCCCCCC. The molecule has 0 aliphatic heterocycles. The third kappa shape index (κ3) is 35.2. The molecule has 0 radical (unpaired) electrons. The van der Waals surface area contributed by atoms with Crippen molar-refractivity contribution in [1.29, 1.82) is 0 Å². The summed E-state index contributed by atoms with van der Waals surface area (Å²) in [6.07, 6.45) is 43.8. The third-order valence-corrected chi connectivity index (χ3v) is 8.75. The summed E-state index contributed by atoms with van der Waals surface area (Å²) in [5.74, 6) is -0.599. The number of aliphatic hydroxyl groups excluding tert-OH is 1. The van der Waals surface area contributed by atoms with Gasteiger partial charge in [-0.2, -0.15) is 0 Å². The molecule has 0 aliphatic rings. The van der Waals surface area contributed by atoms with Gasteiger partial charge in [0.15, 0.2) is 6.10 Å². The molecule has 5 heteroatoms. The number of carbonyl (C=O) groups excluding carboxylic acids is 2. The van der Waals surface area contributed by atoms with E-state index >= 15 is 0 Å². The van der Waals surface area contributed by atoms with E-state index in [2.05, 4.69) is 38.2 Å². The van der Waals surface area contributed by atoms with Gasteiger partial charge in [0, 0.05) is 12.8 Å². The van der Waals surface area contributed by atoms with Crippen molar-refractivity contribution >= 4 is 11.9 Å². The van der Waals surface area contributed by atoms with E-state index in [0.717, 1.165) is 51.4 Å². The molecule has 0 aromatic rings. The van der Waals surface area contributed by atoms with E-state index in [1.165, 1.54) is 128 Å². The molecule has 0 saturated heterocycles. The van der Waals surface area contributed by atoms with Crippen LogP contribution in [0.1, 0.15) is 206 Å². The van der Waals surface area contributed by atoms with Crippen LogP contribution < -0.4 is 0 Å². The number of hydrogen-bond acceptors (Lipinski definition) is 5. The molecule has 0 aromatic heterocycles. The van der Waals surface area contributed by atoms with Crippen LogP contribution in [0.2, 0.25) is 0 Å². The van der Waals surface area contributed by atoms with E-state index < -0.39 is 6.10 Å². The van der Waals surface area contributed by atoms with Crippen LogP contribution in [0.5, 0.6) is 0 Å². The molecule has 0 rings (SSSR count). The van der Waals surface area contributed by atoms with E-state index in [0.29, 0.717) is 12.8 Å². The molecule has 5 nitrogen and oxygen atoms in total. The average molecular weight is 649 g/mol. The summed E-state index contributed by atoms with van der Waals surface area (Å²) in [4.78, 5) is 24.2. The molecule has 0 spiro atoms. The number of ether oxygens (including phenoxy) is 2. The minimum atomic E-state index is -0.773. The van der Waals surface area contributed by atoms with Gasteiger partial charge in [-0.3, -0.25) is 9.59 Å². The Morgan fingerprint density at radius 2 is 0.870 bits per heavy atom. The van der Waals surface area contributed by atoms with E-state index in [1.54, 1.807) is 0 Å². The standard InChI is InChI=1S/C41H76O5/c1-3-5-7-9-11-13-15-17-19-20-22-23-25-27-29-31-33-35-40(43)45-38-39(37-42)46-41(44)36-34-32-30-28-26-24-21-18-16-14-12-10-8-6-4-2/h12,14,18,21,39,42H,3-11,13,15-17,19-20,22-38H2,1-2H3/b14-12-,21-18-/t39-/m0/s1. The van der Waals surface area contributed by atoms with Gasteiger partial charge in [-0.05, 0) is 44.9 Å². The summed E-state index contributed by atoms with van der Waals surface area (Å²) in [5.41, 5.74) is 0. The molecule has 0 heterocycles. The Morgan fingerprint density at radius 1 is 0.500 bits per heavy atom. The number of aliphatic hydroxyl groups is 1. The Balaban J connectivity index is 3.54. The highest BCUT2D eigenvalue weighted by Gasteiger charge is 2.16. The Morgan fingerprint density at radius 3 is 1.33 bits per heavy atom. The summed E-state index contributed by atoms with van der Waals surface area (Å²) < 4.78 is 10.6. The minimum absolute atomic E-state index is 0.0673. The summed E-state index contributed by atoms with van der Waals surface area (Å²) in [6, 6.07) is 0. The lowest BCUT2D eigenvalue weighted by molar-refractivity contribution is -0.161. The second-order valence-corrected chi connectivity index (χ2v) is 13.4. The molecule has 270 valence electrons. The molecule has 0 bridgehead atoms. The van der Waals surface area contributed by atoms with Gasteiger partial charge < -0.3 is 14.6 Å². The fraction of sp³-hybridized carbons (Fsp3) is 0.854. The maximum atomic E-state index is 12.1. The molecule has 0 unspecified atom stereocenters. The first kappa shape index (κ1) is 44.4. The van der Waals surface area contributed by atoms with Crippen molar-refractivity contribution < 1.29 is 24.2 Å². The summed E-state index contributed by atoms with van der Waals surface area (Å²) in [5, 5.41) is 9.55. The van der Waals surface area contributed by atoms with Gasteiger partial charge in [0.25, 0.3) is 0 Å². The van der Waals surface area contributed by atoms with Gasteiger partial charge in [0.2, 0.25) is 0 Å². The van der Waals surface area contributed by atoms with Crippen LogP contribution in [0.15, 0.2) is 24.3 Å². The normalized spacial score (nSPS) is 12.3. The fourth-order valence-electron chi connectivity index (χ4n) is 5.70. The van der Waals surface area contributed by atoms with E-state index in [-0.39, 0.29) is 25.2 Å². The van der Waals surface area contributed by atoms with Crippen LogP contribution in [0.3, 0.4) is 0 Å². The van der Waals surface area contributed by atoms with Crippen molar-refractivity contribution in [3.63, 3.8) is 0 Å². The van der Waals surface area contributed by atoms with Crippen molar-refractivity contribution in [2.45, 2.75) is 213 Å². The maximum absolute atomic E-state index is 12.1. The lowest BCUT2D eigenvalue weighted by Crippen LogP contribution is -2.28. The van der Waals surface area contributed by atoms with Crippen molar-refractivity contribution in [2.24, 2.45) is 0 Å². The Bertz CT molecular complexity index is 701. The summed E-state index contributed by atoms with van der Waals surface area (Å²) >= 11 is 0. The second kappa shape index (κ2) is 37.8. The van der Waals surface area contributed by atoms with E-state index in [4.69, 9.17) is 9.47 Å². The van der Waals surface area contributed by atoms with Crippen molar-refractivity contribution in [1.82, 2.24) is 0 Å². The molecule has 0 aromatic carbocycles. The van der Waals surface area contributed by atoms with Gasteiger partial charge in [0.05, 0.1) is 6.61 Å². The zero-order chi connectivity index (χ0) is 33.6. The summed E-state index contributed by atoms with van der Waals surface area (Å²) in [7, 11) is 0. The quantitative estimate of drug-likeness (QED) is 0.0416. The van der Waals surface area contributed by atoms with Crippen LogP contribution in [0.4, 0.5) is 0 Å². The zero-order valence-electron chi connectivity index (χ0n) is 30.6. The number of carbonyl (C=O) groups is 2. The molecular weight excluding hydrogens is 572 g/mol. The van der Waals surface area contributed by atoms with Crippen LogP contribution >= 0.6 is 0 Å². The predicted molar refractivity (Wildman–Crippen MR) is 196 cm³/mol. The van der Waals surface area contributed by atoms with Crippen molar-refractivity contribution in [3.8, 4) is 0 Å². The maximum Gasteiger partial charge on any atom is 0.306 e. The molecule has 0 fully saturated rings. The Labute approximate surface area is 285 Å². The van der Waals surface area contributed by atoms with Crippen LogP contribution in [-0.2, 0) is 19.1 Å². The lowest BCUT2D eigenvalue weighted by atomic mass is 10.0. The Hall–Kier alpha value is -1.62. The second-order valence-electron chi connectivity index (χ2n) is 13.4. The number of hydrogen-bond donors (Lipinski definition) is 1. The van der Waals surface area contributed by atoms with Crippen LogP contribution in [0, 0.1) is 0 Å². The van der Waals surface area contributed by atoms with Gasteiger partial charge in [-0.15, -0.1) is 0 Å². The molecule has 0 amide bonds. The first-order valence-electron chi connectivity index (χ1n) is 19.9. The molecule has 1 N–H and O–H groups in total. The zero-order valence-corrected chi connectivity index (χ0v) is 30.6. The van der Waals surface area contributed by atoms with Gasteiger partial charge in [-0.25, -0.2) is 0 Å². The third-order valence-electron chi connectivity index (χ3n) is 8.75. The van der Waals surface area contributed by atoms with Crippen molar-refractivity contribution in [2.75, 3.05) is 13.2 Å². The monoisotopic (exact) mass is 649 g/mol. The smallest absolute Gasteiger partial charge is 0.306 e. The van der Waals surface area contributed by atoms with E-state index in [1.807, 2.05) is 0 Å². The van der Waals surface area contributed by atoms with Crippen LogP contribution in [0.25, 0.3) is 0 Å². The summed E-state index contributed by atoms with van der Waals surface area (Å²) in [6.45, 7) is 4.11. The molecule has 0 aliphatic carbocycles. The highest BCUT2D eigenvalue weighted by atomic mass is 16.6. The minimum Gasteiger partial charge on any atom is -0.462 e. The number of esters is 2. The number of allylic oxidation sites excluding steroid dienone is 4. The van der Waals surface area contributed by atoms with Crippen LogP contribution in [-0.4, -0.2) is 36.4 Å². The number of unbranched alkanes of at least 4 members (excludes halogenated alkanes) is 24. The van der Waals surface area contributed by atoms with Gasteiger partial charge in [-0.1, -0.05) is 173 Å². The van der Waals surface area contributed by atoms with Gasteiger partial charge in [0.1, 0.15) is 6.61 Å². The lowest BCUT2D eigenvalue weighted by Gasteiger charge is -2.15. The highest BCUT2D eigenvalue weighted by Crippen LogP contribution is 2.15. The fourth-order valence-corrected chi connectivity index (χ4v) is 5.70. The largest absolute Gasteiger partial charge is 0.462 e. The molecule has 46 heavy (non-hydrogen) atoms. The van der Waals surface area contributed by atoms with E-state index in [9.17, 15) is 14.7 Å². The predicted octanol–water partition coefficient (Wildman–Crippen LogP) is 12.3. The van der Waals surface area contributed by atoms with Crippen molar-refractivity contribution in [3.05, 3.63) is 24.3 Å². The molecule has 1 atom stereocenters. The number of rotatable bonds is 36. The molecular formula is C41H76O5. The first-order chi connectivity index (χ1) is 22.6.